The number of cyclic esters (lactones) is 4. The second-order valence-corrected chi connectivity index (χ2v) is 27.3. The summed E-state index contributed by atoms with van der Waals surface area (Å²) in [6.45, 7) is 18.7. The predicted molar refractivity (Wildman–Crippen MR) is 340 cm³/mol. The molecule has 0 spiro atoms. The summed E-state index contributed by atoms with van der Waals surface area (Å²) in [5, 5.41) is 9.72. The molecule has 2 saturated carbocycles. The highest BCUT2D eigenvalue weighted by Crippen LogP contribution is 2.34. The van der Waals surface area contributed by atoms with Crippen molar-refractivity contribution in [1.29, 1.82) is 0 Å². The van der Waals surface area contributed by atoms with E-state index in [9.17, 15) is 28.8 Å². The average molecular weight is 1250 g/mol. The van der Waals surface area contributed by atoms with Gasteiger partial charge in [-0.2, -0.15) is 10.2 Å². The summed E-state index contributed by atoms with van der Waals surface area (Å²) in [7, 11) is 5.65. The van der Waals surface area contributed by atoms with Crippen molar-refractivity contribution < 1.29 is 57.3 Å². The molecule has 4 amide bonds. The van der Waals surface area contributed by atoms with Crippen LogP contribution in [0.5, 0.6) is 0 Å². The van der Waals surface area contributed by atoms with Crippen molar-refractivity contribution in [3.63, 3.8) is 0 Å². The minimum atomic E-state index is -1.53. The van der Waals surface area contributed by atoms with E-state index in [0.717, 1.165) is 58.0 Å². The third-order valence-corrected chi connectivity index (χ3v) is 17.9. The van der Waals surface area contributed by atoms with Gasteiger partial charge in [0.2, 0.25) is 0 Å². The van der Waals surface area contributed by atoms with E-state index in [4.69, 9.17) is 29.1 Å². The molecule has 3 heterocycles. The first kappa shape index (κ1) is 70.1. The molecule has 0 N–H and O–H groups in total. The molecule has 4 aromatic rings. The van der Waals surface area contributed by atoms with E-state index in [0.29, 0.717) is 36.1 Å². The molecule has 0 bridgehead atoms. The lowest BCUT2D eigenvalue weighted by Gasteiger charge is -2.35. The number of benzene rings is 2. The van der Waals surface area contributed by atoms with Gasteiger partial charge < -0.3 is 38.5 Å². The van der Waals surface area contributed by atoms with Gasteiger partial charge >= 0.3 is 23.9 Å². The molecule has 0 radical (unpaired) electrons. The van der Waals surface area contributed by atoms with Gasteiger partial charge in [-0.05, 0) is 123 Å². The summed E-state index contributed by atoms with van der Waals surface area (Å²) >= 11 is 0. The van der Waals surface area contributed by atoms with Gasteiger partial charge in [0.1, 0.15) is 24.2 Å². The predicted octanol–water partition coefficient (Wildman–Crippen LogP) is 9.47. The monoisotopic (exact) mass is 1240 g/mol. The zero-order valence-electron chi connectivity index (χ0n) is 55.8. The van der Waals surface area contributed by atoms with Gasteiger partial charge in [0.25, 0.3) is 23.6 Å². The van der Waals surface area contributed by atoms with Crippen LogP contribution in [-0.2, 0) is 83.2 Å². The molecule has 2 aromatic carbocycles. The van der Waals surface area contributed by atoms with Crippen molar-refractivity contribution in [2.24, 2.45) is 23.7 Å². The van der Waals surface area contributed by atoms with Crippen LogP contribution in [0.1, 0.15) is 192 Å². The Balaban J connectivity index is 1.22. The van der Waals surface area contributed by atoms with Crippen LogP contribution < -0.4 is 0 Å². The Bertz CT molecular complexity index is 2850. The number of rotatable bonds is 18. The zero-order chi connectivity index (χ0) is 65.7. The Morgan fingerprint density at radius 3 is 0.944 bits per heavy atom. The molecule has 0 unspecified atom stereocenters. The van der Waals surface area contributed by atoms with Crippen molar-refractivity contribution in [3.05, 3.63) is 107 Å². The summed E-state index contributed by atoms with van der Waals surface area (Å²) in [5.74, 6) is -6.40. The van der Waals surface area contributed by atoms with E-state index in [1.165, 1.54) is 77.5 Å². The number of carbonyl (C=O) groups is 8. The van der Waals surface area contributed by atoms with Crippen LogP contribution in [0.4, 0.5) is 0 Å². The molecule has 8 atom stereocenters. The van der Waals surface area contributed by atoms with Crippen molar-refractivity contribution in [3.8, 4) is 0 Å². The fourth-order valence-electron chi connectivity index (χ4n) is 12.7. The Morgan fingerprint density at radius 1 is 0.389 bits per heavy atom. The number of esters is 4. The molecule has 2 aliphatic carbocycles. The topological polar surface area (TPSA) is 222 Å². The van der Waals surface area contributed by atoms with Crippen LogP contribution in [0.15, 0.2) is 73.1 Å². The first-order valence-electron chi connectivity index (χ1n) is 32.8. The standard InChI is InChI=1S/C70H100N8O12/c1-43(2)35-57-67(83)87-47(9)63(79)73(11)60(38-46(7)8)70(86)90-62(40-50-25-29-52(30-26-50)42-78-34-32-56(72-78)54-21-17-18-22-54)66(82)76(14)58(36-44(3)4)68(84)88-48(10)64(80)74(12)59(37-45(5)6)69(85)89-61(65(81)75(57)13)39-49-23-27-51(28-24-49)41-77-33-31-55(71-77)53-19-15-16-20-53/h23-34,43-48,53-54,57-62H,15-22,35-42H2,1-14H3/t47-,48-,57+,58+,59+,60+,61-,62-/m1/s1. The molecule has 7 rings (SSSR count). The lowest BCUT2D eigenvalue weighted by atomic mass is 9.99. The van der Waals surface area contributed by atoms with E-state index in [1.54, 1.807) is 0 Å². The van der Waals surface area contributed by atoms with Gasteiger partial charge in [-0.3, -0.25) is 28.5 Å². The van der Waals surface area contributed by atoms with E-state index < -0.39 is 96.1 Å². The van der Waals surface area contributed by atoms with Crippen molar-refractivity contribution >= 4 is 47.5 Å². The summed E-state index contributed by atoms with van der Waals surface area (Å²) in [4.78, 5) is 123. The maximum Gasteiger partial charge on any atom is 0.329 e. The molecule has 492 valence electrons. The quantitative estimate of drug-likeness (QED) is 0.0669. The number of hydrogen-bond donors (Lipinski definition) is 0. The Morgan fingerprint density at radius 2 is 0.656 bits per heavy atom. The fraction of sp³-hybridized carbons (Fsp3) is 0.629. The van der Waals surface area contributed by atoms with Gasteiger partial charge in [-0.25, -0.2) is 19.2 Å². The summed E-state index contributed by atoms with van der Waals surface area (Å²) in [6, 6.07) is 14.1. The molecule has 20 nitrogen and oxygen atoms in total. The van der Waals surface area contributed by atoms with Crippen molar-refractivity contribution in [1.82, 2.24) is 39.2 Å². The summed E-state index contributed by atoms with van der Waals surface area (Å²) in [5.41, 5.74) is 5.36. The summed E-state index contributed by atoms with van der Waals surface area (Å²) < 4.78 is 28.3. The molecular formula is C70H100N8O12. The summed E-state index contributed by atoms with van der Waals surface area (Å²) in [6.07, 6.45) is 7.39. The molecule has 2 aromatic heterocycles. The maximum absolute atomic E-state index is 15.2. The van der Waals surface area contributed by atoms with E-state index in [1.807, 2.05) is 126 Å². The largest absolute Gasteiger partial charge is 0.451 e. The maximum atomic E-state index is 15.2. The second-order valence-electron chi connectivity index (χ2n) is 27.3. The minimum absolute atomic E-state index is 0.0887. The van der Waals surface area contributed by atoms with Gasteiger partial charge in [-0.1, -0.05) is 130 Å². The molecule has 1 aliphatic heterocycles. The fourth-order valence-corrected chi connectivity index (χ4v) is 12.7. The number of ether oxygens (including phenoxy) is 4. The molecule has 90 heavy (non-hydrogen) atoms. The number of aromatic nitrogens is 4. The first-order valence-corrected chi connectivity index (χ1v) is 32.8. The lowest BCUT2D eigenvalue weighted by molar-refractivity contribution is -0.176. The van der Waals surface area contributed by atoms with E-state index in [-0.39, 0.29) is 62.2 Å². The zero-order valence-corrected chi connectivity index (χ0v) is 55.8. The van der Waals surface area contributed by atoms with E-state index >= 15 is 9.59 Å². The highest BCUT2D eigenvalue weighted by molar-refractivity contribution is 5.94. The molecule has 3 fully saturated rings. The van der Waals surface area contributed by atoms with Crippen molar-refractivity contribution in [2.45, 2.75) is 233 Å². The van der Waals surface area contributed by atoms with Gasteiger partial charge in [0.15, 0.2) is 24.4 Å². The van der Waals surface area contributed by atoms with Crippen LogP contribution in [0.2, 0.25) is 0 Å². The van der Waals surface area contributed by atoms with E-state index in [2.05, 4.69) is 12.1 Å². The van der Waals surface area contributed by atoms with Gasteiger partial charge in [0.05, 0.1) is 24.5 Å². The number of nitrogens with zero attached hydrogens (tertiary/aromatic N) is 8. The van der Waals surface area contributed by atoms with Crippen LogP contribution in [0.3, 0.4) is 0 Å². The molecule has 1 saturated heterocycles. The Hall–Kier alpha value is -7.38. The van der Waals surface area contributed by atoms with Gasteiger partial charge in [-0.15, -0.1) is 0 Å². The average Bonchev–Trinajstić information content (AvgIpc) is 1.30. The van der Waals surface area contributed by atoms with Crippen LogP contribution in [0.25, 0.3) is 0 Å². The highest BCUT2D eigenvalue weighted by Gasteiger charge is 2.43. The SMILES string of the molecule is CC(C)C[C@H]1C(=O)O[C@H](Cc2ccc(Cn3ccc(C4CCCC4)n3)cc2)C(=O)N(C)[C@@H](CC(C)C)C(=O)O[C@H](C)C(=O)N(C)[C@@H](CC(C)C)C(=O)O[C@H](Cc2ccc(Cn3ccc(C4CCCC4)n3)cc2)C(=O)N(C)[C@@H](CC(C)C)C(=O)O[C@H](C)C(=O)N1C. The Labute approximate surface area is 533 Å². The number of hydrogen-bond acceptors (Lipinski definition) is 14. The minimum Gasteiger partial charge on any atom is -0.451 e. The van der Waals surface area contributed by atoms with Crippen molar-refractivity contribution in [2.75, 3.05) is 28.2 Å². The van der Waals surface area contributed by atoms with Crippen LogP contribution >= 0.6 is 0 Å². The first-order chi connectivity index (χ1) is 42.7. The molecule has 20 heteroatoms. The third kappa shape index (κ3) is 18.9. The van der Waals surface area contributed by atoms with Crippen LogP contribution in [-0.4, -0.2) is 163 Å². The van der Waals surface area contributed by atoms with Crippen LogP contribution in [0, 0.1) is 23.7 Å². The Kier molecular flexibility index (Phi) is 25.0. The normalized spacial score (nSPS) is 24.2. The lowest BCUT2D eigenvalue weighted by Crippen LogP contribution is -2.55. The number of likely N-dealkylation sites (N-methyl/N-ethyl adjacent to an activating group) is 4. The second kappa shape index (κ2) is 32.1. The van der Waals surface area contributed by atoms with Gasteiger partial charge in [0, 0.05) is 65.3 Å². The highest BCUT2D eigenvalue weighted by atomic mass is 16.6. The number of amides is 4. The number of carbonyl (C=O) groups excluding carboxylic acids is 8. The third-order valence-electron chi connectivity index (χ3n) is 17.9. The molecule has 3 aliphatic rings. The molecular weight excluding hydrogens is 1140 g/mol. The smallest absolute Gasteiger partial charge is 0.329 e.